The van der Waals surface area contributed by atoms with Gasteiger partial charge in [-0.2, -0.15) is 0 Å². The van der Waals surface area contributed by atoms with Crippen molar-refractivity contribution < 1.29 is 18.7 Å². The minimum absolute atomic E-state index is 0.112. The molecule has 3 rings (SSSR count). The molecule has 1 fully saturated rings. The van der Waals surface area contributed by atoms with E-state index in [1.807, 2.05) is 24.4 Å². The second-order valence-electron chi connectivity index (χ2n) is 6.99. The zero-order valence-corrected chi connectivity index (χ0v) is 16.9. The predicted molar refractivity (Wildman–Crippen MR) is 106 cm³/mol. The number of aryl methyl sites for hydroxylation is 1. The number of hydrogen-bond donors (Lipinski definition) is 1. The highest BCUT2D eigenvalue weighted by Gasteiger charge is 2.25. The van der Waals surface area contributed by atoms with Crippen LogP contribution >= 0.6 is 11.3 Å². The lowest BCUT2D eigenvalue weighted by Crippen LogP contribution is -2.38. The molecule has 2 aromatic heterocycles. The summed E-state index contributed by atoms with van der Waals surface area (Å²) in [6, 6.07) is 3.66. The molecule has 0 unspecified atom stereocenters. The third-order valence-corrected chi connectivity index (χ3v) is 5.67. The Morgan fingerprint density at radius 3 is 2.70 bits per heavy atom. The van der Waals surface area contributed by atoms with Crippen LogP contribution in [-0.2, 0) is 9.53 Å². The maximum Gasteiger partial charge on any atom is 0.341 e. The van der Waals surface area contributed by atoms with E-state index in [-0.39, 0.29) is 12.5 Å². The first kappa shape index (κ1) is 19.6. The van der Waals surface area contributed by atoms with Gasteiger partial charge in [0, 0.05) is 10.9 Å². The Morgan fingerprint density at radius 1 is 1.33 bits per heavy atom. The van der Waals surface area contributed by atoms with Crippen molar-refractivity contribution in [2.24, 2.45) is 5.92 Å². The molecule has 2 aromatic rings. The van der Waals surface area contributed by atoms with Gasteiger partial charge in [0.2, 0.25) is 5.91 Å². The topological polar surface area (TPSA) is 71.8 Å². The number of thiophene rings is 1. The molecule has 0 aliphatic carbocycles. The Bertz CT molecular complexity index is 803. The third-order valence-electron chi connectivity index (χ3n) is 4.77. The highest BCUT2D eigenvalue weighted by atomic mass is 32.1. The Labute approximate surface area is 163 Å². The minimum atomic E-state index is -0.454. The summed E-state index contributed by atoms with van der Waals surface area (Å²) >= 11 is 1.31. The molecule has 0 bridgehead atoms. The Balaban J connectivity index is 1.77. The molecule has 1 aliphatic heterocycles. The molecule has 1 amide bonds. The van der Waals surface area contributed by atoms with Crippen molar-refractivity contribution in [3.63, 3.8) is 0 Å². The number of amides is 1. The first-order valence-electron chi connectivity index (χ1n) is 9.35. The van der Waals surface area contributed by atoms with E-state index >= 15 is 0 Å². The molecule has 1 aliphatic rings. The van der Waals surface area contributed by atoms with Crippen molar-refractivity contribution in [3.05, 3.63) is 28.8 Å². The summed E-state index contributed by atoms with van der Waals surface area (Å²) in [5.74, 6) is 1.51. The number of likely N-dealkylation sites (tertiary alicyclic amines) is 1. The van der Waals surface area contributed by atoms with Gasteiger partial charge in [0.1, 0.15) is 22.1 Å². The van der Waals surface area contributed by atoms with Gasteiger partial charge >= 0.3 is 5.97 Å². The van der Waals surface area contributed by atoms with Crippen molar-refractivity contribution in [1.82, 2.24) is 4.90 Å². The number of piperidine rings is 1. The summed E-state index contributed by atoms with van der Waals surface area (Å²) in [5.41, 5.74) is 1.01. The normalized spacial score (nSPS) is 15.7. The molecule has 3 heterocycles. The molecule has 7 heteroatoms. The number of nitrogens with zero attached hydrogens (tertiary/aromatic N) is 1. The number of anilines is 1. The van der Waals surface area contributed by atoms with E-state index in [4.69, 9.17) is 9.15 Å². The van der Waals surface area contributed by atoms with Gasteiger partial charge < -0.3 is 14.5 Å². The second kappa shape index (κ2) is 8.71. The summed E-state index contributed by atoms with van der Waals surface area (Å²) < 4.78 is 10.9. The fourth-order valence-electron chi connectivity index (χ4n) is 3.21. The maximum absolute atomic E-state index is 12.5. The Hall–Kier alpha value is -2.12. The van der Waals surface area contributed by atoms with Gasteiger partial charge in [-0.05, 0) is 57.8 Å². The fraction of sp³-hybridized carbons (Fsp3) is 0.500. The molecular formula is C20H26N2O4S. The quantitative estimate of drug-likeness (QED) is 0.750. The van der Waals surface area contributed by atoms with Crippen LogP contribution in [0.4, 0.5) is 5.00 Å². The summed E-state index contributed by atoms with van der Waals surface area (Å²) in [7, 11) is 0. The van der Waals surface area contributed by atoms with E-state index in [2.05, 4.69) is 17.1 Å². The molecule has 6 nitrogen and oxygen atoms in total. The van der Waals surface area contributed by atoms with Crippen LogP contribution in [0.25, 0.3) is 11.3 Å². The number of nitrogens with one attached hydrogen (secondary N) is 1. The molecule has 0 saturated carbocycles. The molecule has 146 valence electrons. The van der Waals surface area contributed by atoms with Crippen LogP contribution in [-0.4, -0.2) is 43.0 Å². The maximum atomic E-state index is 12.5. The standard InChI is InChI=1S/C20H26N2O4S/c1-4-25-20(24)18-15(16-6-5-14(3)26-16)12-27-19(18)21-17(23)11-22-9-7-13(2)8-10-22/h5-6,12-13H,4,7-11H2,1-3H3,(H,21,23). The van der Waals surface area contributed by atoms with Gasteiger partial charge in [0.05, 0.1) is 13.2 Å². The monoisotopic (exact) mass is 390 g/mol. The average Bonchev–Trinajstić information content (AvgIpc) is 3.23. The second-order valence-corrected chi connectivity index (χ2v) is 7.87. The van der Waals surface area contributed by atoms with Crippen LogP contribution in [0.5, 0.6) is 0 Å². The lowest BCUT2D eigenvalue weighted by molar-refractivity contribution is -0.117. The molecule has 0 aromatic carbocycles. The van der Waals surface area contributed by atoms with Crippen LogP contribution < -0.4 is 5.32 Å². The van der Waals surface area contributed by atoms with Crippen LogP contribution in [0.3, 0.4) is 0 Å². The number of hydrogen-bond acceptors (Lipinski definition) is 6. The zero-order valence-electron chi connectivity index (χ0n) is 16.0. The van der Waals surface area contributed by atoms with Gasteiger partial charge in [0.25, 0.3) is 0 Å². The van der Waals surface area contributed by atoms with E-state index in [0.29, 0.717) is 28.4 Å². The molecule has 1 N–H and O–H groups in total. The first-order chi connectivity index (χ1) is 13.0. The number of furan rings is 1. The van der Waals surface area contributed by atoms with Gasteiger partial charge in [-0.1, -0.05) is 6.92 Å². The van der Waals surface area contributed by atoms with E-state index in [9.17, 15) is 9.59 Å². The molecule has 0 radical (unpaired) electrons. The van der Waals surface area contributed by atoms with E-state index < -0.39 is 5.97 Å². The molecule has 0 spiro atoms. The fourth-order valence-corrected chi connectivity index (χ4v) is 4.16. The smallest absolute Gasteiger partial charge is 0.341 e. The lowest BCUT2D eigenvalue weighted by Gasteiger charge is -2.29. The largest absolute Gasteiger partial charge is 0.462 e. The van der Waals surface area contributed by atoms with Crippen molar-refractivity contribution in [2.45, 2.75) is 33.6 Å². The van der Waals surface area contributed by atoms with Crippen LogP contribution in [0.15, 0.2) is 21.9 Å². The highest BCUT2D eigenvalue weighted by molar-refractivity contribution is 7.15. The summed E-state index contributed by atoms with van der Waals surface area (Å²) in [6.07, 6.45) is 2.23. The van der Waals surface area contributed by atoms with Gasteiger partial charge in [-0.25, -0.2) is 4.79 Å². The van der Waals surface area contributed by atoms with E-state index in [1.54, 1.807) is 6.92 Å². The van der Waals surface area contributed by atoms with Crippen molar-refractivity contribution in [1.29, 1.82) is 0 Å². The lowest BCUT2D eigenvalue weighted by atomic mass is 9.99. The SMILES string of the molecule is CCOC(=O)c1c(-c2ccc(C)o2)csc1NC(=O)CN1CCC(C)CC1. The number of carbonyl (C=O) groups excluding carboxylic acids is 2. The third kappa shape index (κ3) is 4.78. The van der Waals surface area contributed by atoms with E-state index in [0.717, 1.165) is 37.6 Å². The number of esters is 1. The number of ether oxygens (including phenoxy) is 1. The van der Waals surface area contributed by atoms with Crippen molar-refractivity contribution in [3.8, 4) is 11.3 Å². The van der Waals surface area contributed by atoms with Gasteiger partial charge in [-0.3, -0.25) is 9.69 Å². The van der Waals surface area contributed by atoms with Crippen molar-refractivity contribution >= 4 is 28.2 Å². The summed E-state index contributed by atoms with van der Waals surface area (Å²) in [4.78, 5) is 27.2. The Kier molecular flexibility index (Phi) is 6.34. The van der Waals surface area contributed by atoms with Gasteiger partial charge in [0.15, 0.2) is 0 Å². The molecular weight excluding hydrogens is 364 g/mol. The first-order valence-corrected chi connectivity index (χ1v) is 10.2. The zero-order chi connectivity index (χ0) is 19.4. The molecule has 0 atom stereocenters. The molecule has 1 saturated heterocycles. The van der Waals surface area contributed by atoms with Crippen LogP contribution in [0.1, 0.15) is 42.8 Å². The van der Waals surface area contributed by atoms with Crippen LogP contribution in [0.2, 0.25) is 0 Å². The minimum Gasteiger partial charge on any atom is -0.462 e. The van der Waals surface area contributed by atoms with Crippen molar-refractivity contribution in [2.75, 3.05) is 31.6 Å². The Morgan fingerprint density at radius 2 is 2.07 bits per heavy atom. The van der Waals surface area contributed by atoms with Gasteiger partial charge in [-0.15, -0.1) is 11.3 Å². The summed E-state index contributed by atoms with van der Waals surface area (Å²) in [6.45, 7) is 8.32. The number of rotatable bonds is 6. The average molecular weight is 391 g/mol. The summed E-state index contributed by atoms with van der Waals surface area (Å²) in [5, 5.41) is 5.23. The number of carbonyl (C=O) groups is 2. The predicted octanol–water partition coefficient (Wildman–Crippen LogP) is 4.16. The van der Waals surface area contributed by atoms with Crippen LogP contribution in [0, 0.1) is 12.8 Å². The molecule has 27 heavy (non-hydrogen) atoms. The van der Waals surface area contributed by atoms with E-state index in [1.165, 1.54) is 11.3 Å². The highest BCUT2D eigenvalue weighted by Crippen LogP contribution is 2.37.